The van der Waals surface area contributed by atoms with Gasteiger partial charge in [-0.2, -0.15) is 0 Å². The molecule has 3 aliphatic rings. The van der Waals surface area contributed by atoms with Gasteiger partial charge in [-0.25, -0.2) is 4.98 Å². The third kappa shape index (κ3) is 3.07. The lowest BCUT2D eigenvalue weighted by molar-refractivity contribution is -0.286. The highest BCUT2D eigenvalue weighted by Gasteiger charge is 2.49. The van der Waals surface area contributed by atoms with Gasteiger partial charge in [-0.15, -0.1) is 8.78 Å². The second-order valence-electron chi connectivity index (χ2n) is 8.64. The Morgan fingerprint density at radius 2 is 1.81 bits per heavy atom. The van der Waals surface area contributed by atoms with Gasteiger partial charge in [0.1, 0.15) is 29.4 Å². The minimum Gasteiger partial charge on any atom is -0.492 e. The zero-order valence-corrected chi connectivity index (χ0v) is 17.1. The van der Waals surface area contributed by atoms with Crippen LogP contribution in [0.2, 0.25) is 0 Å². The van der Waals surface area contributed by atoms with Gasteiger partial charge in [0.15, 0.2) is 11.5 Å². The molecule has 168 valence electrons. The number of hydrogen-bond acceptors (Lipinski definition) is 7. The number of benzene rings is 1. The predicted molar refractivity (Wildman–Crippen MR) is 106 cm³/mol. The van der Waals surface area contributed by atoms with Gasteiger partial charge in [0, 0.05) is 24.7 Å². The number of nitrogens with one attached hydrogen (secondary N) is 1. The lowest BCUT2D eigenvalue weighted by Crippen LogP contribution is -2.59. The molecule has 0 unspecified atom stereocenters. The Morgan fingerprint density at radius 3 is 2.50 bits per heavy atom. The molecule has 0 aliphatic carbocycles. The van der Waals surface area contributed by atoms with Crippen LogP contribution in [-0.4, -0.2) is 48.0 Å². The monoisotopic (exact) mass is 447 g/mol. The number of rotatable bonds is 4. The van der Waals surface area contributed by atoms with Crippen molar-refractivity contribution in [1.82, 2.24) is 4.98 Å². The van der Waals surface area contributed by atoms with E-state index in [1.54, 1.807) is 36.9 Å². The van der Waals surface area contributed by atoms with Crippen molar-refractivity contribution in [1.29, 1.82) is 0 Å². The summed E-state index contributed by atoms with van der Waals surface area (Å²) in [5, 5.41) is 12.0. The van der Waals surface area contributed by atoms with E-state index >= 15 is 0 Å². The number of fused-ring (bicyclic) bond motifs is 2. The number of pyridine rings is 1. The minimum atomic E-state index is -3.77. The Morgan fingerprint density at radius 1 is 1.12 bits per heavy atom. The van der Waals surface area contributed by atoms with E-state index in [1.165, 1.54) is 12.1 Å². The Hall–Kier alpha value is -3.63. The molecule has 1 aromatic heterocycles. The van der Waals surface area contributed by atoms with E-state index < -0.39 is 29.0 Å². The fraction of sp³-hybridized carbons (Fsp3) is 0.381. The zero-order valence-electron chi connectivity index (χ0n) is 17.1. The summed E-state index contributed by atoms with van der Waals surface area (Å²) in [6.07, 6.45) is -3.77. The highest BCUT2D eigenvalue weighted by atomic mass is 19.3. The first kappa shape index (κ1) is 20.3. The summed E-state index contributed by atoms with van der Waals surface area (Å²) in [5.41, 5.74) is -1.62. The second-order valence-corrected chi connectivity index (χ2v) is 8.64. The molecule has 1 amide bonds. The average molecular weight is 447 g/mol. The average Bonchev–Trinajstić information content (AvgIpc) is 3.18. The van der Waals surface area contributed by atoms with E-state index in [9.17, 15) is 23.5 Å². The van der Waals surface area contributed by atoms with Crippen LogP contribution in [0.5, 0.6) is 17.2 Å². The van der Waals surface area contributed by atoms with Crippen molar-refractivity contribution in [2.45, 2.75) is 25.6 Å². The van der Waals surface area contributed by atoms with E-state index in [4.69, 9.17) is 4.74 Å². The molecule has 32 heavy (non-hydrogen) atoms. The first-order valence-electron chi connectivity index (χ1n) is 9.83. The number of carboxylic acid groups (broad SMARTS) is 1. The van der Waals surface area contributed by atoms with E-state index in [-0.39, 0.29) is 29.7 Å². The van der Waals surface area contributed by atoms with E-state index in [2.05, 4.69) is 19.8 Å². The number of hydrogen-bond donors (Lipinski definition) is 2. The summed E-state index contributed by atoms with van der Waals surface area (Å²) < 4.78 is 41.3. The summed E-state index contributed by atoms with van der Waals surface area (Å²) in [7, 11) is 0. The maximum atomic E-state index is 13.4. The topological polar surface area (TPSA) is 110 Å². The summed E-state index contributed by atoms with van der Waals surface area (Å²) >= 11 is 0. The molecule has 5 rings (SSSR count). The van der Waals surface area contributed by atoms with Crippen LogP contribution in [0.3, 0.4) is 0 Å². The Labute approximate surface area is 180 Å². The number of aromatic nitrogens is 1. The maximum absolute atomic E-state index is 13.4. The summed E-state index contributed by atoms with van der Waals surface area (Å²) in [5.74, 6) is -0.555. The van der Waals surface area contributed by atoms with Crippen LogP contribution in [0.15, 0.2) is 30.3 Å². The highest BCUT2D eigenvalue weighted by Crippen LogP contribution is 2.50. The normalized spacial score (nSPS) is 23.7. The second kappa shape index (κ2) is 6.44. The molecule has 1 aromatic carbocycles. The molecule has 0 spiro atoms. The van der Waals surface area contributed by atoms with Crippen molar-refractivity contribution >= 4 is 23.5 Å². The van der Waals surface area contributed by atoms with E-state index in [0.29, 0.717) is 24.5 Å². The van der Waals surface area contributed by atoms with Gasteiger partial charge in [0.2, 0.25) is 5.91 Å². The van der Waals surface area contributed by atoms with Gasteiger partial charge in [-0.3, -0.25) is 9.59 Å². The molecule has 9 nitrogen and oxygen atoms in total. The van der Waals surface area contributed by atoms with E-state index in [0.717, 1.165) is 0 Å². The molecule has 0 bridgehead atoms. The first-order valence-corrected chi connectivity index (χ1v) is 9.83. The Bertz CT molecular complexity index is 1150. The van der Waals surface area contributed by atoms with Gasteiger partial charge in [-0.1, -0.05) is 6.07 Å². The minimum absolute atomic E-state index is 0.00374. The number of carboxylic acids is 1. The largest absolute Gasteiger partial charge is 0.586 e. The van der Waals surface area contributed by atoms with Crippen LogP contribution in [0, 0.1) is 5.41 Å². The van der Waals surface area contributed by atoms with Crippen molar-refractivity contribution in [3.05, 3.63) is 35.9 Å². The lowest BCUT2D eigenvalue weighted by Gasteiger charge is -2.45. The Balaban J connectivity index is 1.35. The fourth-order valence-corrected chi connectivity index (χ4v) is 4.03. The molecule has 2 aromatic rings. The molecule has 0 radical (unpaired) electrons. The predicted octanol–water partition coefficient (Wildman–Crippen LogP) is 2.60. The first-order chi connectivity index (χ1) is 15.0. The highest BCUT2D eigenvalue weighted by molar-refractivity contribution is 5.99. The number of alkyl halides is 2. The fourth-order valence-electron chi connectivity index (χ4n) is 4.03. The molecule has 1 fully saturated rings. The number of anilines is 2. The number of aliphatic carboxylic acids is 1. The van der Waals surface area contributed by atoms with Crippen molar-refractivity contribution < 1.29 is 37.7 Å². The van der Waals surface area contributed by atoms with Gasteiger partial charge in [-0.05, 0) is 32.0 Å². The molecular weight excluding hydrogens is 428 g/mol. The maximum Gasteiger partial charge on any atom is 0.586 e. The molecule has 1 saturated heterocycles. The standard InChI is InChI=1S/C21H19F2N3O6/c1-19(18(28)29)8-26(9-19)16-5-3-4-15(24-16)25-17(27)20(2)10-30-12-7-14-13(6-11(12)20)31-21(22,23)32-14/h3-7H,8-10H2,1-2H3,(H,28,29)(H,24,25,27)/t20-/m0/s1. The molecule has 4 heterocycles. The SMILES string of the molecule is CC1(C(=O)O)CN(c2cccc(NC(=O)[C@@]3(C)COc4cc5c(cc43)OC(F)(F)O5)n2)C1. The summed E-state index contributed by atoms with van der Waals surface area (Å²) in [6.45, 7) is 3.91. The van der Waals surface area contributed by atoms with Crippen LogP contribution < -0.4 is 24.4 Å². The number of amides is 1. The third-order valence-corrected chi connectivity index (χ3v) is 6.01. The van der Waals surface area contributed by atoms with Gasteiger partial charge in [0.25, 0.3) is 0 Å². The molecule has 11 heteroatoms. The Kier molecular flexibility index (Phi) is 4.08. The van der Waals surface area contributed by atoms with Crippen LogP contribution in [0.4, 0.5) is 20.4 Å². The van der Waals surface area contributed by atoms with Crippen LogP contribution in [0.1, 0.15) is 19.4 Å². The summed E-state index contributed by atoms with van der Waals surface area (Å²) in [4.78, 5) is 30.7. The van der Waals surface area contributed by atoms with Crippen LogP contribution in [-0.2, 0) is 15.0 Å². The molecule has 3 aliphatic heterocycles. The number of ether oxygens (including phenoxy) is 3. The van der Waals surface area contributed by atoms with Crippen LogP contribution >= 0.6 is 0 Å². The van der Waals surface area contributed by atoms with Gasteiger partial charge < -0.3 is 29.5 Å². The van der Waals surface area contributed by atoms with Crippen molar-refractivity contribution in [3.63, 3.8) is 0 Å². The van der Waals surface area contributed by atoms with Crippen molar-refractivity contribution in [2.75, 3.05) is 29.9 Å². The number of carbonyl (C=O) groups is 2. The van der Waals surface area contributed by atoms with Gasteiger partial charge >= 0.3 is 12.3 Å². The molecule has 2 N–H and O–H groups in total. The third-order valence-electron chi connectivity index (χ3n) is 6.01. The summed E-state index contributed by atoms with van der Waals surface area (Å²) in [6, 6.07) is 7.66. The van der Waals surface area contributed by atoms with Crippen molar-refractivity contribution in [3.8, 4) is 17.2 Å². The zero-order chi connectivity index (χ0) is 22.9. The smallest absolute Gasteiger partial charge is 0.492 e. The lowest BCUT2D eigenvalue weighted by atomic mass is 9.82. The van der Waals surface area contributed by atoms with Gasteiger partial charge in [0.05, 0.1) is 5.41 Å². The van der Waals surface area contributed by atoms with Crippen molar-refractivity contribution in [2.24, 2.45) is 5.41 Å². The molecule has 1 atom stereocenters. The molecule has 0 saturated carbocycles. The van der Waals surface area contributed by atoms with Crippen LogP contribution in [0.25, 0.3) is 0 Å². The molecular formula is C21H19F2N3O6. The van der Waals surface area contributed by atoms with E-state index in [1.807, 2.05) is 0 Å². The number of carbonyl (C=O) groups excluding carboxylic acids is 1. The number of nitrogens with zero attached hydrogens (tertiary/aromatic N) is 2. The quantitative estimate of drug-likeness (QED) is 0.736. The number of halogens is 2.